The quantitative estimate of drug-likeness (QED) is 0.413. The number of benzene rings is 1. The third-order valence-corrected chi connectivity index (χ3v) is 3.05. The summed E-state index contributed by atoms with van der Waals surface area (Å²) in [4.78, 5) is 28.3. The molecule has 0 aromatic heterocycles. The molecule has 1 rings (SSSR count). The molecule has 0 amide bonds. The van der Waals surface area contributed by atoms with Gasteiger partial charge in [-0.05, 0) is 18.4 Å². The zero-order valence-corrected chi connectivity index (χ0v) is 12.0. The topological polar surface area (TPSA) is 93.1 Å². The van der Waals surface area contributed by atoms with E-state index in [1.54, 1.807) is 0 Å². The van der Waals surface area contributed by atoms with Crippen LogP contribution in [-0.2, 0) is 25.2 Å². The summed E-state index contributed by atoms with van der Waals surface area (Å²) in [5.74, 6) is -0.273. The highest BCUT2D eigenvalue weighted by Gasteiger charge is 2.12. The number of hydrogen-bond donors (Lipinski definition) is 2. The van der Waals surface area contributed by atoms with Crippen molar-refractivity contribution in [3.8, 4) is 0 Å². The lowest BCUT2D eigenvalue weighted by atomic mass is 10.2. The van der Waals surface area contributed by atoms with Crippen LogP contribution in [0.15, 0.2) is 30.3 Å². The summed E-state index contributed by atoms with van der Waals surface area (Å²) in [5.41, 5.74) is 0.941. The highest BCUT2D eigenvalue weighted by Crippen LogP contribution is 2.35. The van der Waals surface area contributed by atoms with E-state index in [1.807, 2.05) is 30.3 Å². The minimum atomic E-state index is -4.37. The lowest BCUT2D eigenvalue weighted by Crippen LogP contribution is -2.04. The molecule has 0 aliphatic rings. The van der Waals surface area contributed by atoms with E-state index in [9.17, 15) is 9.36 Å². The lowest BCUT2D eigenvalue weighted by molar-refractivity contribution is -0.145. The number of hydrogen-bond acceptors (Lipinski definition) is 4. The fourth-order valence-electron chi connectivity index (χ4n) is 1.54. The Morgan fingerprint density at radius 1 is 1.10 bits per heavy atom. The van der Waals surface area contributed by atoms with Gasteiger partial charge in [0.05, 0.1) is 6.61 Å². The van der Waals surface area contributed by atoms with E-state index >= 15 is 0 Å². The van der Waals surface area contributed by atoms with Crippen molar-refractivity contribution in [2.24, 2.45) is 0 Å². The monoisotopic (exact) mass is 302 g/mol. The van der Waals surface area contributed by atoms with Crippen LogP contribution in [0.4, 0.5) is 0 Å². The van der Waals surface area contributed by atoms with Crippen molar-refractivity contribution in [3.05, 3.63) is 35.9 Å². The summed E-state index contributed by atoms with van der Waals surface area (Å²) in [5, 5.41) is 0. The van der Waals surface area contributed by atoms with E-state index in [2.05, 4.69) is 4.52 Å². The molecule has 6 nitrogen and oxygen atoms in total. The zero-order valence-electron chi connectivity index (χ0n) is 11.1. The molecule has 2 N–H and O–H groups in total. The van der Waals surface area contributed by atoms with Crippen molar-refractivity contribution in [1.29, 1.82) is 0 Å². The minimum Gasteiger partial charge on any atom is -0.461 e. The predicted molar refractivity (Wildman–Crippen MR) is 72.7 cm³/mol. The number of phosphoric acid groups is 1. The van der Waals surface area contributed by atoms with Gasteiger partial charge in [0, 0.05) is 6.42 Å². The number of unbranched alkanes of at least 4 members (excludes halogenated alkanes) is 2. The van der Waals surface area contributed by atoms with Crippen LogP contribution >= 0.6 is 7.82 Å². The van der Waals surface area contributed by atoms with Gasteiger partial charge in [0.25, 0.3) is 0 Å². The van der Waals surface area contributed by atoms with Crippen molar-refractivity contribution in [2.45, 2.75) is 32.3 Å². The Balaban J connectivity index is 2.02. The van der Waals surface area contributed by atoms with Crippen molar-refractivity contribution >= 4 is 13.8 Å². The van der Waals surface area contributed by atoms with Gasteiger partial charge >= 0.3 is 13.8 Å². The standard InChI is InChI=1S/C13H19O6P/c14-13(18-11-12-7-3-1-4-8-12)9-5-2-6-10-19-20(15,16)17/h1,3-4,7-8H,2,5-6,9-11H2,(H2,15,16,17). The van der Waals surface area contributed by atoms with Crippen LogP contribution in [0, 0.1) is 0 Å². The van der Waals surface area contributed by atoms with Crippen LogP contribution in [0.5, 0.6) is 0 Å². The molecule has 112 valence electrons. The van der Waals surface area contributed by atoms with Gasteiger partial charge in [0.1, 0.15) is 6.61 Å². The molecule has 0 bridgehead atoms. The van der Waals surface area contributed by atoms with Crippen LogP contribution in [-0.4, -0.2) is 22.4 Å². The van der Waals surface area contributed by atoms with Gasteiger partial charge < -0.3 is 14.5 Å². The van der Waals surface area contributed by atoms with Gasteiger partial charge in [-0.25, -0.2) is 4.57 Å². The minimum absolute atomic E-state index is 0.0106. The fourth-order valence-corrected chi connectivity index (χ4v) is 1.91. The fraction of sp³-hybridized carbons (Fsp3) is 0.462. The first-order valence-electron chi connectivity index (χ1n) is 6.37. The average Bonchev–Trinajstić information content (AvgIpc) is 2.40. The Hall–Kier alpha value is -1.20. The van der Waals surface area contributed by atoms with Crippen LogP contribution in [0.25, 0.3) is 0 Å². The molecule has 0 aliphatic carbocycles. The Labute approximate surface area is 118 Å². The molecular formula is C13H19O6P. The normalized spacial score (nSPS) is 11.3. The van der Waals surface area contributed by atoms with E-state index in [-0.39, 0.29) is 19.2 Å². The van der Waals surface area contributed by atoms with E-state index < -0.39 is 7.82 Å². The van der Waals surface area contributed by atoms with Gasteiger partial charge in [0.2, 0.25) is 0 Å². The molecule has 0 saturated heterocycles. The van der Waals surface area contributed by atoms with Crippen molar-refractivity contribution in [2.75, 3.05) is 6.61 Å². The van der Waals surface area contributed by atoms with E-state index in [0.29, 0.717) is 25.7 Å². The highest BCUT2D eigenvalue weighted by atomic mass is 31.2. The van der Waals surface area contributed by atoms with Gasteiger partial charge in [-0.1, -0.05) is 36.8 Å². The van der Waals surface area contributed by atoms with Crippen molar-refractivity contribution in [1.82, 2.24) is 0 Å². The van der Waals surface area contributed by atoms with Gasteiger partial charge in [-0.3, -0.25) is 9.32 Å². The summed E-state index contributed by atoms with van der Waals surface area (Å²) in [6.45, 7) is 0.254. The molecule has 0 heterocycles. The first-order chi connectivity index (χ1) is 9.47. The largest absolute Gasteiger partial charge is 0.469 e. The lowest BCUT2D eigenvalue weighted by Gasteiger charge is -2.06. The average molecular weight is 302 g/mol. The number of carbonyl (C=O) groups is 1. The molecule has 1 aromatic rings. The second kappa shape index (κ2) is 8.87. The van der Waals surface area contributed by atoms with Crippen molar-refractivity contribution < 1.29 is 28.4 Å². The Morgan fingerprint density at radius 2 is 1.80 bits per heavy atom. The molecule has 1 aromatic carbocycles. The first-order valence-corrected chi connectivity index (χ1v) is 7.90. The Kier molecular flexibility index (Phi) is 7.47. The maximum atomic E-state index is 11.4. The third kappa shape index (κ3) is 8.82. The molecular weight excluding hydrogens is 283 g/mol. The Bertz CT molecular complexity index is 441. The Morgan fingerprint density at radius 3 is 2.45 bits per heavy atom. The highest BCUT2D eigenvalue weighted by molar-refractivity contribution is 7.46. The summed E-state index contributed by atoms with van der Waals surface area (Å²) >= 11 is 0. The molecule has 0 fully saturated rings. The number of carbonyl (C=O) groups excluding carboxylic acids is 1. The summed E-state index contributed by atoms with van der Waals surface area (Å²) in [6, 6.07) is 9.42. The maximum Gasteiger partial charge on any atom is 0.469 e. The smallest absolute Gasteiger partial charge is 0.461 e. The van der Waals surface area contributed by atoms with Crippen molar-refractivity contribution in [3.63, 3.8) is 0 Å². The molecule has 0 saturated carbocycles. The molecule has 20 heavy (non-hydrogen) atoms. The van der Waals surface area contributed by atoms with Gasteiger partial charge in [0.15, 0.2) is 0 Å². The SMILES string of the molecule is O=C(CCCCCOP(=O)(O)O)OCc1ccccc1. The number of phosphoric ester groups is 1. The van der Waals surface area contributed by atoms with Gasteiger partial charge in [-0.2, -0.15) is 0 Å². The predicted octanol–water partition coefficient (Wildman–Crippen LogP) is 2.40. The van der Waals surface area contributed by atoms with E-state index in [4.69, 9.17) is 14.5 Å². The molecule has 7 heteroatoms. The van der Waals surface area contributed by atoms with Crippen LogP contribution in [0.3, 0.4) is 0 Å². The molecule has 0 unspecified atom stereocenters. The first kappa shape index (κ1) is 16.9. The summed E-state index contributed by atoms with van der Waals surface area (Å²) < 4.78 is 19.8. The molecule has 0 radical (unpaired) electrons. The van der Waals surface area contributed by atoms with Crippen LogP contribution in [0.1, 0.15) is 31.2 Å². The number of esters is 1. The second-order valence-corrected chi connectivity index (χ2v) is 5.52. The molecule has 0 aliphatic heterocycles. The number of rotatable bonds is 9. The van der Waals surface area contributed by atoms with Crippen LogP contribution in [0.2, 0.25) is 0 Å². The van der Waals surface area contributed by atoms with Gasteiger partial charge in [-0.15, -0.1) is 0 Å². The third-order valence-electron chi connectivity index (χ3n) is 2.53. The second-order valence-electron chi connectivity index (χ2n) is 4.28. The molecule has 0 spiro atoms. The summed E-state index contributed by atoms with van der Waals surface area (Å²) in [6.07, 6.45) is 2.05. The van der Waals surface area contributed by atoms with Crippen LogP contribution < -0.4 is 0 Å². The number of ether oxygens (including phenoxy) is 1. The van der Waals surface area contributed by atoms with E-state index in [0.717, 1.165) is 5.56 Å². The molecule has 0 atom stereocenters. The summed E-state index contributed by atoms with van der Waals surface area (Å²) in [7, 11) is -4.37. The zero-order chi connectivity index (χ0) is 14.8. The van der Waals surface area contributed by atoms with E-state index in [1.165, 1.54) is 0 Å². The maximum absolute atomic E-state index is 11.4.